The van der Waals surface area contributed by atoms with Gasteiger partial charge in [-0.05, 0) is 42.2 Å². The monoisotopic (exact) mass is 454 g/mol. The lowest BCUT2D eigenvalue weighted by molar-refractivity contribution is -0.124. The quantitative estimate of drug-likeness (QED) is 0.596. The molecule has 2 aliphatic rings. The summed E-state index contributed by atoms with van der Waals surface area (Å²) in [6.45, 7) is 3.12. The van der Waals surface area contributed by atoms with Crippen LogP contribution in [0.1, 0.15) is 25.3 Å². The Bertz CT molecular complexity index is 1040. The molecule has 0 aromatic heterocycles. The molecule has 0 bridgehead atoms. The number of rotatable bonds is 7. The topological polar surface area (TPSA) is 99.8 Å². The van der Waals surface area contributed by atoms with E-state index in [-0.39, 0.29) is 30.9 Å². The molecule has 174 valence electrons. The summed E-state index contributed by atoms with van der Waals surface area (Å²) in [6.07, 6.45) is 0.730. The van der Waals surface area contributed by atoms with Gasteiger partial charge in [0.25, 0.3) is 0 Å². The lowest BCUT2D eigenvalue weighted by Gasteiger charge is -2.22. The molecular formula is C24H27FN4O4. The molecule has 0 saturated carbocycles. The summed E-state index contributed by atoms with van der Waals surface area (Å²) < 4.78 is 20.1. The highest BCUT2D eigenvalue weighted by Gasteiger charge is 2.32. The number of nitrogens with zero attached hydrogens (tertiary/aromatic N) is 1. The van der Waals surface area contributed by atoms with E-state index in [9.17, 15) is 18.8 Å². The van der Waals surface area contributed by atoms with Gasteiger partial charge in [-0.3, -0.25) is 14.5 Å². The van der Waals surface area contributed by atoms with Crippen LogP contribution in [0.25, 0.3) is 11.1 Å². The van der Waals surface area contributed by atoms with E-state index >= 15 is 0 Å². The van der Waals surface area contributed by atoms with Crippen LogP contribution in [0.15, 0.2) is 42.5 Å². The van der Waals surface area contributed by atoms with Gasteiger partial charge < -0.3 is 20.7 Å². The Labute approximate surface area is 191 Å². The first kappa shape index (κ1) is 22.7. The third-order valence-corrected chi connectivity index (χ3v) is 5.82. The van der Waals surface area contributed by atoms with Gasteiger partial charge in [-0.2, -0.15) is 0 Å². The summed E-state index contributed by atoms with van der Waals surface area (Å²) in [4.78, 5) is 36.4. The number of ether oxygens (including phenoxy) is 1. The molecule has 3 N–H and O–H groups in total. The Morgan fingerprint density at radius 3 is 2.70 bits per heavy atom. The van der Waals surface area contributed by atoms with Gasteiger partial charge in [0, 0.05) is 25.6 Å². The highest BCUT2D eigenvalue weighted by Crippen LogP contribution is 2.29. The van der Waals surface area contributed by atoms with Crippen molar-refractivity contribution in [1.82, 2.24) is 16.0 Å². The van der Waals surface area contributed by atoms with Crippen LogP contribution in [0.5, 0.6) is 0 Å². The predicted octanol–water partition coefficient (Wildman–Crippen LogP) is 2.32. The average molecular weight is 455 g/mol. The van der Waals surface area contributed by atoms with Gasteiger partial charge in [-0.25, -0.2) is 9.18 Å². The number of halogens is 1. The van der Waals surface area contributed by atoms with E-state index in [4.69, 9.17) is 4.74 Å². The van der Waals surface area contributed by atoms with Crippen molar-refractivity contribution in [2.24, 2.45) is 0 Å². The molecule has 0 radical (unpaired) electrons. The molecule has 2 aliphatic heterocycles. The van der Waals surface area contributed by atoms with Crippen LogP contribution < -0.4 is 20.9 Å². The van der Waals surface area contributed by atoms with E-state index in [0.29, 0.717) is 23.4 Å². The van der Waals surface area contributed by atoms with Crippen molar-refractivity contribution in [3.8, 4) is 11.1 Å². The minimum atomic E-state index is -0.569. The number of amides is 3. The molecule has 8 nitrogen and oxygen atoms in total. The molecule has 2 aromatic carbocycles. The second kappa shape index (κ2) is 9.99. The molecule has 0 spiro atoms. The van der Waals surface area contributed by atoms with Crippen molar-refractivity contribution >= 4 is 23.6 Å². The molecule has 3 amide bonds. The fourth-order valence-corrected chi connectivity index (χ4v) is 4.01. The fourth-order valence-electron chi connectivity index (χ4n) is 4.01. The Morgan fingerprint density at radius 2 is 2.00 bits per heavy atom. The van der Waals surface area contributed by atoms with Crippen LogP contribution in [0.3, 0.4) is 0 Å². The maximum atomic E-state index is 14.9. The number of anilines is 1. The Morgan fingerprint density at radius 1 is 1.21 bits per heavy atom. The standard InChI is InChI=1S/C24H27FN4O4/c1-15(30)27-13-19-14-29(24(32)33-19)18-8-9-20(21(25)11-18)17-6-4-16(5-7-17)12-28-22-3-2-10-26-23(22)31/h4-9,11,19,22,28H,2-3,10,12-14H2,1H3,(H,26,31)(H,27,30)/t19-,22-/m0/s1. The lowest BCUT2D eigenvalue weighted by atomic mass is 10.0. The largest absolute Gasteiger partial charge is 0.442 e. The van der Waals surface area contributed by atoms with Crippen molar-refractivity contribution in [3.05, 3.63) is 53.8 Å². The third kappa shape index (κ3) is 5.48. The van der Waals surface area contributed by atoms with E-state index in [1.807, 2.05) is 24.3 Å². The minimum absolute atomic E-state index is 0.0309. The zero-order valence-corrected chi connectivity index (χ0v) is 18.4. The van der Waals surface area contributed by atoms with E-state index < -0.39 is 18.0 Å². The van der Waals surface area contributed by atoms with Gasteiger partial charge in [0.15, 0.2) is 0 Å². The van der Waals surface area contributed by atoms with Gasteiger partial charge >= 0.3 is 6.09 Å². The molecule has 2 heterocycles. The number of benzene rings is 2. The number of hydrogen-bond acceptors (Lipinski definition) is 5. The van der Waals surface area contributed by atoms with Crippen LogP contribution in [0.4, 0.5) is 14.9 Å². The molecule has 2 saturated heterocycles. The fraction of sp³-hybridized carbons (Fsp3) is 0.375. The van der Waals surface area contributed by atoms with Gasteiger partial charge in [0.05, 0.1) is 24.8 Å². The molecule has 33 heavy (non-hydrogen) atoms. The SMILES string of the molecule is CC(=O)NC[C@H]1CN(c2ccc(-c3ccc(CN[C@H]4CCCNC4=O)cc3)c(F)c2)C(=O)O1. The normalized spacial score (nSPS) is 20.4. The number of nitrogens with one attached hydrogen (secondary N) is 3. The number of piperidine rings is 1. The Hall–Kier alpha value is -3.46. The minimum Gasteiger partial charge on any atom is -0.442 e. The summed E-state index contributed by atoms with van der Waals surface area (Å²) in [7, 11) is 0. The number of cyclic esters (lactones) is 1. The summed E-state index contributed by atoms with van der Waals surface area (Å²) in [5.74, 6) is -0.625. The van der Waals surface area contributed by atoms with Crippen LogP contribution in [0.2, 0.25) is 0 Å². The Balaban J connectivity index is 1.39. The lowest BCUT2D eigenvalue weighted by Crippen LogP contribution is -2.47. The summed E-state index contributed by atoms with van der Waals surface area (Å²) in [6, 6.07) is 11.9. The van der Waals surface area contributed by atoms with E-state index in [2.05, 4.69) is 16.0 Å². The number of carbonyl (C=O) groups excluding carboxylic acids is 3. The van der Waals surface area contributed by atoms with E-state index in [1.54, 1.807) is 12.1 Å². The molecular weight excluding hydrogens is 427 g/mol. The Kier molecular flexibility index (Phi) is 6.88. The number of hydrogen-bond donors (Lipinski definition) is 3. The molecule has 2 aromatic rings. The molecule has 9 heteroatoms. The second-order valence-electron chi connectivity index (χ2n) is 8.28. The maximum absolute atomic E-state index is 14.9. The van der Waals surface area contributed by atoms with Crippen molar-refractivity contribution in [2.45, 2.75) is 38.5 Å². The molecule has 2 atom stereocenters. The zero-order valence-electron chi connectivity index (χ0n) is 18.4. The summed E-state index contributed by atoms with van der Waals surface area (Å²) >= 11 is 0. The van der Waals surface area contributed by atoms with Crippen molar-refractivity contribution in [1.29, 1.82) is 0 Å². The maximum Gasteiger partial charge on any atom is 0.414 e. The van der Waals surface area contributed by atoms with Crippen molar-refractivity contribution in [3.63, 3.8) is 0 Å². The first-order chi connectivity index (χ1) is 15.9. The van der Waals surface area contributed by atoms with Crippen LogP contribution in [-0.2, 0) is 20.9 Å². The summed E-state index contributed by atoms with van der Waals surface area (Å²) in [5.41, 5.74) is 2.54. The second-order valence-corrected chi connectivity index (χ2v) is 8.28. The number of carbonyl (C=O) groups is 3. The van der Waals surface area contributed by atoms with Gasteiger partial charge in [-0.15, -0.1) is 0 Å². The highest BCUT2D eigenvalue weighted by molar-refractivity contribution is 5.90. The van der Waals surface area contributed by atoms with Crippen molar-refractivity contribution < 1.29 is 23.5 Å². The van der Waals surface area contributed by atoms with E-state index in [1.165, 1.54) is 17.9 Å². The smallest absolute Gasteiger partial charge is 0.414 e. The van der Waals surface area contributed by atoms with Crippen molar-refractivity contribution in [2.75, 3.05) is 24.5 Å². The first-order valence-corrected chi connectivity index (χ1v) is 11.0. The highest BCUT2D eigenvalue weighted by atomic mass is 19.1. The zero-order chi connectivity index (χ0) is 23.4. The average Bonchev–Trinajstić information content (AvgIpc) is 3.18. The van der Waals surface area contributed by atoms with Crippen LogP contribution in [0, 0.1) is 5.82 Å². The predicted molar refractivity (Wildman–Crippen MR) is 121 cm³/mol. The molecule has 0 aliphatic carbocycles. The van der Waals surface area contributed by atoms with Gasteiger partial charge in [-0.1, -0.05) is 24.3 Å². The first-order valence-electron chi connectivity index (χ1n) is 11.0. The van der Waals surface area contributed by atoms with Crippen LogP contribution >= 0.6 is 0 Å². The molecule has 2 fully saturated rings. The van der Waals surface area contributed by atoms with E-state index in [0.717, 1.165) is 24.9 Å². The van der Waals surface area contributed by atoms with Gasteiger partial charge in [0.1, 0.15) is 11.9 Å². The van der Waals surface area contributed by atoms with Gasteiger partial charge in [0.2, 0.25) is 11.8 Å². The van der Waals surface area contributed by atoms with Crippen LogP contribution in [-0.4, -0.2) is 49.7 Å². The third-order valence-electron chi connectivity index (χ3n) is 5.82. The molecule has 4 rings (SSSR count). The summed E-state index contributed by atoms with van der Waals surface area (Å²) in [5, 5.41) is 8.73. The molecule has 0 unspecified atom stereocenters.